The first-order valence-electron chi connectivity index (χ1n) is 7.00. The van der Waals surface area contributed by atoms with E-state index in [2.05, 4.69) is 0 Å². The first kappa shape index (κ1) is 16.3. The molecule has 2 amide bonds. The monoisotopic (exact) mass is 281 g/mol. The third-order valence-electron chi connectivity index (χ3n) is 3.90. The molecule has 0 aromatic heterocycles. The molecule has 0 saturated carbocycles. The fourth-order valence-corrected chi connectivity index (χ4v) is 2.82. The summed E-state index contributed by atoms with van der Waals surface area (Å²) in [7, 11) is 0. The topological polar surface area (TPSA) is 84.6 Å². The van der Waals surface area contributed by atoms with Gasteiger partial charge in [-0.2, -0.15) is 5.26 Å². The van der Waals surface area contributed by atoms with Gasteiger partial charge in [0.25, 0.3) is 0 Å². The summed E-state index contributed by atoms with van der Waals surface area (Å²) in [6.45, 7) is 6.88. The summed E-state index contributed by atoms with van der Waals surface area (Å²) >= 11 is 0. The lowest BCUT2D eigenvalue weighted by Crippen LogP contribution is -2.59. The number of aliphatic carboxylic acids is 1. The van der Waals surface area contributed by atoms with Crippen molar-refractivity contribution in [2.24, 2.45) is 5.41 Å². The van der Waals surface area contributed by atoms with Gasteiger partial charge in [0.05, 0.1) is 12.5 Å². The number of carboxylic acid groups (broad SMARTS) is 1. The van der Waals surface area contributed by atoms with E-state index in [0.29, 0.717) is 19.6 Å². The van der Waals surface area contributed by atoms with Crippen LogP contribution in [0.5, 0.6) is 0 Å². The molecule has 1 saturated heterocycles. The zero-order valence-electron chi connectivity index (χ0n) is 12.4. The third-order valence-corrected chi connectivity index (χ3v) is 3.90. The highest BCUT2D eigenvalue weighted by Gasteiger charge is 2.45. The fraction of sp³-hybridized carbons (Fsp3) is 0.786. The number of carbonyl (C=O) groups excluding carboxylic acids is 1. The summed E-state index contributed by atoms with van der Waals surface area (Å²) in [6, 6.07) is 0.931. The van der Waals surface area contributed by atoms with Crippen molar-refractivity contribution in [2.75, 3.05) is 19.6 Å². The van der Waals surface area contributed by atoms with Crippen molar-refractivity contribution >= 4 is 12.0 Å². The number of urea groups is 1. The lowest BCUT2D eigenvalue weighted by atomic mass is 9.76. The first-order chi connectivity index (χ1) is 9.35. The Hall–Kier alpha value is -1.77. The van der Waals surface area contributed by atoms with Crippen LogP contribution in [-0.4, -0.2) is 52.6 Å². The molecule has 1 rings (SSSR count). The van der Waals surface area contributed by atoms with Crippen molar-refractivity contribution in [3.8, 4) is 6.07 Å². The van der Waals surface area contributed by atoms with Gasteiger partial charge in [-0.1, -0.05) is 13.8 Å². The van der Waals surface area contributed by atoms with Crippen LogP contribution >= 0.6 is 0 Å². The SMILES string of the molecule is CCN(CCC#N)C(=O)N1CCCC(C)(C)C1C(=O)O. The van der Waals surface area contributed by atoms with E-state index in [1.54, 1.807) is 4.90 Å². The number of carbonyl (C=O) groups is 2. The first-order valence-corrected chi connectivity index (χ1v) is 7.00. The highest BCUT2D eigenvalue weighted by atomic mass is 16.4. The molecule has 0 aliphatic carbocycles. The number of piperidine rings is 1. The largest absolute Gasteiger partial charge is 0.480 e. The van der Waals surface area contributed by atoms with Crippen molar-refractivity contribution in [3.05, 3.63) is 0 Å². The van der Waals surface area contributed by atoms with E-state index >= 15 is 0 Å². The van der Waals surface area contributed by atoms with Crippen molar-refractivity contribution in [1.29, 1.82) is 5.26 Å². The van der Waals surface area contributed by atoms with Crippen LogP contribution in [0.25, 0.3) is 0 Å². The summed E-state index contributed by atoms with van der Waals surface area (Å²) < 4.78 is 0. The molecule has 0 aromatic rings. The highest BCUT2D eigenvalue weighted by molar-refractivity contribution is 5.83. The van der Waals surface area contributed by atoms with Crippen LogP contribution in [0.15, 0.2) is 0 Å². The van der Waals surface area contributed by atoms with Crippen LogP contribution in [0, 0.1) is 16.7 Å². The van der Waals surface area contributed by atoms with Crippen LogP contribution in [0.1, 0.15) is 40.0 Å². The number of rotatable bonds is 4. The van der Waals surface area contributed by atoms with Crippen LogP contribution in [0.4, 0.5) is 4.79 Å². The Labute approximate surface area is 120 Å². The molecule has 112 valence electrons. The number of amides is 2. The van der Waals surface area contributed by atoms with E-state index in [1.165, 1.54) is 4.90 Å². The molecule has 0 spiro atoms. The molecule has 1 aliphatic rings. The Morgan fingerprint density at radius 1 is 1.50 bits per heavy atom. The Morgan fingerprint density at radius 3 is 2.65 bits per heavy atom. The van der Waals surface area contributed by atoms with Gasteiger partial charge in [-0.3, -0.25) is 0 Å². The number of hydrogen-bond acceptors (Lipinski definition) is 3. The predicted octanol–water partition coefficient (Wildman–Crippen LogP) is 1.92. The molecule has 1 aliphatic heterocycles. The Kier molecular flexibility index (Phi) is 5.37. The van der Waals surface area contributed by atoms with Crippen LogP contribution in [0.2, 0.25) is 0 Å². The number of nitriles is 1. The van der Waals surface area contributed by atoms with Crippen molar-refractivity contribution < 1.29 is 14.7 Å². The van der Waals surface area contributed by atoms with E-state index in [4.69, 9.17) is 5.26 Å². The molecule has 6 nitrogen and oxygen atoms in total. The molecular weight excluding hydrogens is 258 g/mol. The smallest absolute Gasteiger partial charge is 0.327 e. The number of nitrogens with zero attached hydrogens (tertiary/aromatic N) is 3. The van der Waals surface area contributed by atoms with Crippen LogP contribution in [-0.2, 0) is 4.79 Å². The second-order valence-electron chi connectivity index (χ2n) is 5.80. The van der Waals surface area contributed by atoms with E-state index in [-0.39, 0.29) is 12.5 Å². The average molecular weight is 281 g/mol. The molecule has 1 atom stereocenters. The van der Waals surface area contributed by atoms with Gasteiger partial charge in [-0.15, -0.1) is 0 Å². The Morgan fingerprint density at radius 2 is 2.15 bits per heavy atom. The van der Waals surface area contributed by atoms with Crippen molar-refractivity contribution in [3.63, 3.8) is 0 Å². The predicted molar refractivity (Wildman–Crippen MR) is 74.0 cm³/mol. The van der Waals surface area contributed by atoms with E-state index in [0.717, 1.165) is 12.8 Å². The van der Waals surface area contributed by atoms with Gasteiger partial charge < -0.3 is 14.9 Å². The zero-order valence-corrected chi connectivity index (χ0v) is 12.4. The minimum atomic E-state index is -0.959. The second-order valence-corrected chi connectivity index (χ2v) is 5.80. The molecule has 1 heterocycles. The molecule has 20 heavy (non-hydrogen) atoms. The van der Waals surface area contributed by atoms with E-state index in [9.17, 15) is 14.7 Å². The summed E-state index contributed by atoms with van der Waals surface area (Å²) in [6.07, 6.45) is 1.85. The van der Waals surface area contributed by atoms with Gasteiger partial charge in [-0.05, 0) is 25.2 Å². The molecule has 0 bridgehead atoms. The maximum absolute atomic E-state index is 12.5. The van der Waals surface area contributed by atoms with E-state index in [1.807, 2.05) is 26.8 Å². The average Bonchev–Trinajstić information content (AvgIpc) is 2.37. The molecular formula is C14H23N3O3. The Bertz CT molecular complexity index is 414. The lowest BCUT2D eigenvalue weighted by molar-refractivity contribution is -0.148. The van der Waals surface area contributed by atoms with Gasteiger partial charge >= 0.3 is 12.0 Å². The maximum Gasteiger partial charge on any atom is 0.327 e. The fourth-order valence-electron chi connectivity index (χ4n) is 2.82. The quantitative estimate of drug-likeness (QED) is 0.853. The number of hydrogen-bond donors (Lipinski definition) is 1. The lowest BCUT2D eigenvalue weighted by Gasteiger charge is -2.45. The van der Waals surface area contributed by atoms with Crippen LogP contribution < -0.4 is 0 Å². The molecule has 1 unspecified atom stereocenters. The van der Waals surface area contributed by atoms with Crippen molar-refractivity contribution in [1.82, 2.24) is 9.80 Å². The minimum absolute atomic E-state index is 0.258. The normalized spacial score (nSPS) is 21.1. The minimum Gasteiger partial charge on any atom is -0.480 e. The summed E-state index contributed by atoms with van der Waals surface area (Å²) in [5, 5.41) is 18.1. The third kappa shape index (κ3) is 3.41. The summed E-state index contributed by atoms with van der Waals surface area (Å²) in [5.74, 6) is -0.959. The summed E-state index contributed by atoms with van der Waals surface area (Å²) in [4.78, 5) is 27.1. The van der Waals surface area contributed by atoms with Gasteiger partial charge in [0.15, 0.2) is 0 Å². The highest BCUT2D eigenvalue weighted by Crippen LogP contribution is 2.35. The maximum atomic E-state index is 12.5. The zero-order chi connectivity index (χ0) is 15.3. The number of carboxylic acids is 1. The standard InChI is InChI=1S/C14H23N3O3/c1-4-16(9-6-8-15)13(20)17-10-5-7-14(2,3)11(17)12(18)19/h11H,4-7,9-10H2,1-3H3,(H,18,19). The van der Waals surface area contributed by atoms with Gasteiger partial charge in [0.2, 0.25) is 0 Å². The van der Waals surface area contributed by atoms with Gasteiger partial charge in [-0.25, -0.2) is 9.59 Å². The van der Waals surface area contributed by atoms with E-state index < -0.39 is 17.4 Å². The van der Waals surface area contributed by atoms with Crippen LogP contribution in [0.3, 0.4) is 0 Å². The number of likely N-dealkylation sites (tertiary alicyclic amines) is 1. The molecule has 0 radical (unpaired) electrons. The Balaban J connectivity index is 2.93. The molecule has 0 aromatic carbocycles. The molecule has 6 heteroatoms. The summed E-state index contributed by atoms with van der Waals surface area (Å²) in [5.41, 5.74) is -0.436. The van der Waals surface area contributed by atoms with Gasteiger partial charge in [0, 0.05) is 19.6 Å². The molecule has 1 N–H and O–H groups in total. The van der Waals surface area contributed by atoms with Gasteiger partial charge in [0.1, 0.15) is 6.04 Å². The molecule has 1 fully saturated rings. The van der Waals surface area contributed by atoms with Crippen molar-refractivity contribution in [2.45, 2.75) is 46.1 Å². The second kappa shape index (κ2) is 6.60.